The maximum absolute atomic E-state index is 13.1. The molecule has 0 aliphatic carbocycles. The Labute approximate surface area is 174 Å². The van der Waals surface area contributed by atoms with Gasteiger partial charge in [0.2, 0.25) is 0 Å². The third-order valence-electron chi connectivity index (χ3n) is 4.83. The van der Waals surface area contributed by atoms with E-state index in [1.165, 1.54) is 33.4 Å². The van der Waals surface area contributed by atoms with Gasteiger partial charge >= 0.3 is 5.69 Å². The van der Waals surface area contributed by atoms with Crippen molar-refractivity contribution in [3.8, 4) is 6.07 Å². The number of aryl methyl sites for hydroxylation is 1. The summed E-state index contributed by atoms with van der Waals surface area (Å²) in [5, 5.41) is 16.8. The zero-order valence-electron chi connectivity index (χ0n) is 16.0. The molecule has 0 saturated heterocycles. The van der Waals surface area contributed by atoms with Gasteiger partial charge in [-0.2, -0.15) is 10.4 Å². The monoisotopic (exact) mass is 423 g/mol. The molecule has 1 unspecified atom stereocenters. The standard InChI is InChI=1S/C20H17N5O4S/c1-2-23-11-13(10-21)19(27)24(20(23)28)12-18(26)25-15(16-5-3-7-29-16)9-14(22-25)17-6-4-8-30-17/h3-8,11,15H,2,9,12H2,1H3. The molecule has 30 heavy (non-hydrogen) atoms. The molecule has 0 radical (unpaired) electrons. The van der Waals surface area contributed by atoms with Crippen LogP contribution in [-0.4, -0.2) is 25.8 Å². The van der Waals surface area contributed by atoms with E-state index in [2.05, 4.69) is 5.10 Å². The van der Waals surface area contributed by atoms with E-state index >= 15 is 0 Å². The number of furan rings is 1. The van der Waals surface area contributed by atoms with Crippen molar-refractivity contribution in [1.29, 1.82) is 5.26 Å². The summed E-state index contributed by atoms with van der Waals surface area (Å²) >= 11 is 1.51. The summed E-state index contributed by atoms with van der Waals surface area (Å²) in [7, 11) is 0. The number of carbonyl (C=O) groups excluding carboxylic acids is 1. The smallest absolute Gasteiger partial charge is 0.331 e. The van der Waals surface area contributed by atoms with E-state index in [0.29, 0.717) is 12.2 Å². The van der Waals surface area contributed by atoms with Gasteiger partial charge in [-0.25, -0.2) is 14.4 Å². The van der Waals surface area contributed by atoms with Crippen molar-refractivity contribution in [2.45, 2.75) is 32.5 Å². The Morgan fingerprint density at radius 3 is 2.83 bits per heavy atom. The minimum Gasteiger partial charge on any atom is -0.467 e. The fourth-order valence-corrected chi connectivity index (χ4v) is 4.06. The highest BCUT2D eigenvalue weighted by Gasteiger charge is 2.35. The lowest BCUT2D eigenvalue weighted by atomic mass is 10.1. The third kappa shape index (κ3) is 3.40. The summed E-state index contributed by atoms with van der Waals surface area (Å²) in [6, 6.07) is 8.59. The quantitative estimate of drug-likeness (QED) is 0.622. The summed E-state index contributed by atoms with van der Waals surface area (Å²) in [4.78, 5) is 39.2. The topological polar surface area (TPSA) is 114 Å². The molecular formula is C20H17N5O4S. The molecule has 1 amide bonds. The lowest BCUT2D eigenvalue weighted by molar-refractivity contribution is -0.134. The zero-order valence-corrected chi connectivity index (χ0v) is 16.8. The maximum Gasteiger partial charge on any atom is 0.331 e. The van der Waals surface area contributed by atoms with Crippen LogP contribution in [0.2, 0.25) is 0 Å². The summed E-state index contributed by atoms with van der Waals surface area (Å²) in [6.45, 7) is 1.46. The summed E-state index contributed by atoms with van der Waals surface area (Å²) in [5.41, 5.74) is -0.914. The second kappa shape index (κ2) is 7.96. The van der Waals surface area contributed by atoms with E-state index in [4.69, 9.17) is 4.42 Å². The first kappa shape index (κ1) is 19.6. The molecule has 0 fully saturated rings. The van der Waals surface area contributed by atoms with Gasteiger partial charge < -0.3 is 4.42 Å². The van der Waals surface area contributed by atoms with Crippen LogP contribution in [0.25, 0.3) is 0 Å². The molecule has 9 nitrogen and oxygen atoms in total. The van der Waals surface area contributed by atoms with Crippen molar-refractivity contribution in [3.05, 3.63) is 79.1 Å². The van der Waals surface area contributed by atoms with Crippen molar-refractivity contribution >= 4 is 23.0 Å². The molecule has 0 N–H and O–H groups in total. The van der Waals surface area contributed by atoms with Crippen molar-refractivity contribution in [2.75, 3.05) is 0 Å². The highest BCUT2D eigenvalue weighted by atomic mass is 32.1. The first-order chi connectivity index (χ1) is 14.5. The molecule has 0 saturated carbocycles. The van der Waals surface area contributed by atoms with Gasteiger partial charge in [0.1, 0.15) is 30.0 Å². The lowest BCUT2D eigenvalue weighted by Crippen LogP contribution is -2.44. The Morgan fingerprint density at radius 1 is 1.37 bits per heavy atom. The predicted octanol–water partition coefficient (Wildman–Crippen LogP) is 1.93. The largest absolute Gasteiger partial charge is 0.467 e. The molecule has 1 atom stereocenters. The average Bonchev–Trinajstić information content (AvgIpc) is 3.51. The predicted molar refractivity (Wildman–Crippen MR) is 109 cm³/mol. The van der Waals surface area contributed by atoms with Crippen LogP contribution in [0, 0.1) is 11.3 Å². The van der Waals surface area contributed by atoms with Crippen LogP contribution in [0.5, 0.6) is 0 Å². The molecule has 0 bridgehead atoms. The highest BCUT2D eigenvalue weighted by Crippen LogP contribution is 2.34. The Kier molecular flexibility index (Phi) is 5.20. The molecule has 4 rings (SSSR count). The minimum absolute atomic E-state index is 0.198. The van der Waals surface area contributed by atoms with Gasteiger partial charge in [-0.05, 0) is 30.5 Å². The SMILES string of the molecule is CCn1cc(C#N)c(=O)n(CC(=O)N2N=C(c3cccs3)CC2c2ccco2)c1=O. The van der Waals surface area contributed by atoms with E-state index in [-0.39, 0.29) is 12.1 Å². The number of rotatable bonds is 5. The van der Waals surface area contributed by atoms with Crippen LogP contribution in [-0.2, 0) is 17.9 Å². The summed E-state index contributed by atoms with van der Waals surface area (Å²) < 4.78 is 7.50. The van der Waals surface area contributed by atoms with Crippen LogP contribution in [0.4, 0.5) is 0 Å². The van der Waals surface area contributed by atoms with Crippen LogP contribution >= 0.6 is 11.3 Å². The molecule has 1 aliphatic rings. The molecule has 3 aromatic heterocycles. The molecule has 0 aromatic carbocycles. The Bertz CT molecular complexity index is 1260. The van der Waals surface area contributed by atoms with Gasteiger partial charge in [0.05, 0.1) is 16.9 Å². The van der Waals surface area contributed by atoms with Gasteiger partial charge in [0, 0.05) is 19.2 Å². The fraction of sp³-hybridized carbons (Fsp3) is 0.250. The van der Waals surface area contributed by atoms with Crippen LogP contribution < -0.4 is 11.2 Å². The average molecular weight is 423 g/mol. The first-order valence-corrected chi connectivity index (χ1v) is 10.1. The second-order valence-corrected chi connectivity index (χ2v) is 7.56. The number of aromatic nitrogens is 2. The number of hydrogen-bond donors (Lipinski definition) is 0. The van der Waals surface area contributed by atoms with Crippen molar-refractivity contribution in [1.82, 2.24) is 14.1 Å². The van der Waals surface area contributed by atoms with Gasteiger partial charge in [-0.3, -0.25) is 14.2 Å². The van der Waals surface area contributed by atoms with Crippen LogP contribution in [0.1, 0.15) is 35.6 Å². The van der Waals surface area contributed by atoms with Crippen LogP contribution in [0.15, 0.2) is 61.2 Å². The second-order valence-electron chi connectivity index (χ2n) is 6.61. The maximum atomic E-state index is 13.1. The molecule has 0 spiro atoms. The number of nitrogens with zero attached hydrogens (tertiary/aromatic N) is 5. The highest BCUT2D eigenvalue weighted by molar-refractivity contribution is 7.12. The molecular weight excluding hydrogens is 406 g/mol. The van der Waals surface area contributed by atoms with E-state index in [9.17, 15) is 19.6 Å². The minimum atomic E-state index is -0.795. The lowest BCUT2D eigenvalue weighted by Gasteiger charge is -2.20. The molecule has 4 heterocycles. The zero-order chi connectivity index (χ0) is 21.3. The number of amides is 1. The van der Waals surface area contributed by atoms with Crippen molar-refractivity contribution in [2.24, 2.45) is 5.10 Å². The fourth-order valence-electron chi connectivity index (χ4n) is 3.34. The summed E-state index contributed by atoms with van der Waals surface area (Å²) in [6.07, 6.45) is 3.17. The van der Waals surface area contributed by atoms with Gasteiger partial charge in [0.25, 0.3) is 11.5 Å². The molecule has 10 heteroatoms. The molecule has 3 aromatic rings. The number of hydrazone groups is 1. The normalized spacial score (nSPS) is 15.8. The Morgan fingerprint density at radius 2 is 2.20 bits per heavy atom. The van der Waals surface area contributed by atoms with Crippen molar-refractivity contribution < 1.29 is 9.21 Å². The number of thiophene rings is 1. The van der Waals surface area contributed by atoms with E-state index in [0.717, 1.165) is 15.2 Å². The number of hydrogen-bond acceptors (Lipinski definition) is 7. The van der Waals surface area contributed by atoms with Crippen LogP contribution in [0.3, 0.4) is 0 Å². The number of nitriles is 1. The van der Waals surface area contributed by atoms with Gasteiger partial charge in [-0.15, -0.1) is 11.3 Å². The van der Waals surface area contributed by atoms with Gasteiger partial charge in [0.15, 0.2) is 0 Å². The van der Waals surface area contributed by atoms with E-state index in [1.54, 1.807) is 25.1 Å². The molecule has 152 valence electrons. The third-order valence-corrected chi connectivity index (χ3v) is 5.75. The van der Waals surface area contributed by atoms with Crippen molar-refractivity contribution in [3.63, 3.8) is 0 Å². The van der Waals surface area contributed by atoms with Gasteiger partial charge in [-0.1, -0.05) is 6.07 Å². The summed E-state index contributed by atoms with van der Waals surface area (Å²) in [5.74, 6) is 0.0163. The van der Waals surface area contributed by atoms with E-state index in [1.807, 2.05) is 17.5 Å². The number of carbonyl (C=O) groups is 1. The Hall–Kier alpha value is -3.71. The Balaban J connectivity index is 1.72. The first-order valence-electron chi connectivity index (χ1n) is 9.24. The molecule has 1 aliphatic heterocycles. The van der Waals surface area contributed by atoms with E-state index < -0.39 is 29.7 Å².